The number of benzene rings is 1. The number of thiophene rings is 1. The van der Waals surface area contributed by atoms with Crippen molar-refractivity contribution >= 4 is 11.3 Å². The molecule has 88 valence electrons. The Hall–Kier alpha value is -1.12. The highest BCUT2D eigenvalue weighted by molar-refractivity contribution is 7.07. The van der Waals surface area contributed by atoms with Crippen molar-refractivity contribution < 1.29 is 5.11 Å². The molecule has 1 N–H and O–H groups in total. The normalized spacial score (nSPS) is 18.9. The molecule has 1 saturated carbocycles. The first-order valence-electron chi connectivity index (χ1n) is 6.06. The van der Waals surface area contributed by atoms with E-state index in [1.807, 2.05) is 6.07 Å². The van der Waals surface area contributed by atoms with Gasteiger partial charge in [0.25, 0.3) is 0 Å². The van der Waals surface area contributed by atoms with Gasteiger partial charge in [0.1, 0.15) is 0 Å². The van der Waals surface area contributed by atoms with Crippen LogP contribution >= 0.6 is 11.3 Å². The predicted octanol–water partition coefficient (Wildman–Crippen LogP) is 3.38. The maximum Gasteiger partial charge on any atom is 0.0677 e. The molecule has 3 rings (SSSR count). The van der Waals surface area contributed by atoms with E-state index in [9.17, 15) is 5.11 Å². The van der Waals surface area contributed by atoms with Crippen molar-refractivity contribution in [2.45, 2.75) is 30.8 Å². The van der Waals surface area contributed by atoms with Crippen LogP contribution in [0.2, 0.25) is 0 Å². The molecule has 17 heavy (non-hydrogen) atoms. The Morgan fingerprint density at radius 3 is 2.53 bits per heavy atom. The van der Waals surface area contributed by atoms with E-state index >= 15 is 0 Å². The molecular weight excluding hydrogens is 228 g/mol. The topological polar surface area (TPSA) is 20.2 Å². The summed E-state index contributed by atoms with van der Waals surface area (Å²) < 4.78 is 0. The zero-order chi connectivity index (χ0) is 11.7. The van der Waals surface area contributed by atoms with E-state index in [0.717, 1.165) is 19.3 Å². The van der Waals surface area contributed by atoms with Gasteiger partial charge in [0.15, 0.2) is 0 Å². The van der Waals surface area contributed by atoms with Crippen LogP contribution in [0.1, 0.15) is 24.0 Å². The van der Waals surface area contributed by atoms with Gasteiger partial charge in [-0.3, -0.25) is 0 Å². The molecule has 1 atom stereocenters. The SMILES string of the molecule is OC(Cc1ccsc1)C1(c2ccccc2)CC1. The second kappa shape index (κ2) is 4.28. The summed E-state index contributed by atoms with van der Waals surface area (Å²) in [5, 5.41) is 14.7. The van der Waals surface area contributed by atoms with Crippen molar-refractivity contribution in [1.29, 1.82) is 0 Å². The fraction of sp³-hybridized carbons (Fsp3) is 0.333. The molecule has 1 fully saturated rings. The van der Waals surface area contributed by atoms with Crippen LogP contribution in [0, 0.1) is 0 Å². The molecule has 0 bridgehead atoms. The quantitative estimate of drug-likeness (QED) is 0.874. The van der Waals surface area contributed by atoms with E-state index in [1.165, 1.54) is 11.1 Å². The molecule has 0 saturated heterocycles. The largest absolute Gasteiger partial charge is 0.392 e. The summed E-state index contributed by atoms with van der Waals surface area (Å²) >= 11 is 1.70. The number of rotatable bonds is 4. The third-order valence-corrected chi connectivity index (χ3v) is 4.52. The van der Waals surface area contributed by atoms with Crippen LogP contribution in [0.5, 0.6) is 0 Å². The number of hydrogen-bond acceptors (Lipinski definition) is 2. The molecule has 0 aliphatic heterocycles. The second-order valence-electron chi connectivity index (χ2n) is 4.87. The minimum Gasteiger partial charge on any atom is -0.392 e. The molecule has 2 heteroatoms. The fourth-order valence-corrected chi connectivity index (χ4v) is 3.23. The third kappa shape index (κ3) is 2.03. The van der Waals surface area contributed by atoms with Gasteiger partial charge in [0.2, 0.25) is 0 Å². The van der Waals surface area contributed by atoms with Crippen LogP contribution in [0.3, 0.4) is 0 Å². The zero-order valence-corrected chi connectivity index (χ0v) is 10.5. The van der Waals surface area contributed by atoms with Crippen LogP contribution in [0.15, 0.2) is 47.2 Å². The van der Waals surface area contributed by atoms with Crippen LogP contribution < -0.4 is 0 Å². The van der Waals surface area contributed by atoms with Crippen molar-refractivity contribution in [2.24, 2.45) is 0 Å². The molecule has 0 spiro atoms. The van der Waals surface area contributed by atoms with E-state index in [4.69, 9.17) is 0 Å². The second-order valence-corrected chi connectivity index (χ2v) is 5.65. The average Bonchev–Trinajstić information content (AvgIpc) is 3.04. The van der Waals surface area contributed by atoms with Gasteiger partial charge >= 0.3 is 0 Å². The zero-order valence-electron chi connectivity index (χ0n) is 9.67. The summed E-state index contributed by atoms with van der Waals surface area (Å²) in [7, 11) is 0. The molecule has 1 nitrogen and oxygen atoms in total. The van der Waals surface area contributed by atoms with Crippen LogP contribution in [-0.2, 0) is 11.8 Å². The fourth-order valence-electron chi connectivity index (χ4n) is 2.55. The highest BCUT2D eigenvalue weighted by Gasteiger charge is 2.49. The van der Waals surface area contributed by atoms with E-state index in [2.05, 4.69) is 41.1 Å². The Bertz CT molecular complexity index is 471. The van der Waals surface area contributed by atoms with E-state index in [0.29, 0.717) is 0 Å². The molecule has 1 aliphatic carbocycles. The molecule has 1 aliphatic rings. The van der Waals surface area contributed by atoms with Crippen LogP contribution in [-0.4, -0.2) is 11.2 Å². The molecule has 2 aromatic rings. The summed E-state index contributed by atoms with van der Waals surface area (Å²) in [6, 6.07) is 12.5. The van der Waals surface area contributed by atoms with Crippen molar-refractivity contribution in [3.05, 3.63) is 58.3 Å². The summed E-state index contributed by atoms with van der Waals surface area (Å²) in [6.07, 6.45) is 2.75. The lowest BCUT2D eigenvalue weighted by Crippen LogP contribution is -2.27. The highest BCUT2D eigenvalue weighted by atomic mass is 32.1. The third-order valence-electron chi connectivity index (χ3n) is 3.78. The molecule has 1 unspecified atom stereocenters. The Morgan fingerprint density at radius 1 is 1.18 bits per heavy atom. The Kier molecular flexibility index (Phi) is 2.77. The lowest BCUT2D eigenvalue weighted by molar-refractivity contribution is 0.132. The number of hydrogen-bond donors (Lipinski definition) is 1. The van der Waals surface area contributed by atoms with Crippen molar-refractivity contribution in [3.63, 3.8) is 0 Å². The van der Waals surface area contributed by atoms with Gasteiger partial charge in [0.05, 0.1) is 6.10 Å². The smallest absolute Gasteiger partial charge is 0.0677 e. The first-order chi connectivity index (χ1) is 8.31. The monoisotopic (exact) mass is 244 g/mol. The van der Waals surface area contributed by atoms with Crippen LogP contribution in [0.25, 0.3) is 0 Å². The molecular formula is C15H16OS. The van der Waals surface area contributed by atoms with Crippen molar-refractivity contribution in [2.75, 3.05) is 0 Å². The van der Waals surface area contributed by atoms with Gasteiger partial charge in [0, 0.05) is 11.8 Å². The Balaban J connectivity index is 1.80. The summed E-state index contributed by atoms with van der Waals surface area (Å²) in [4.78, 5) is 0. The van der Waals surface area contributed by atoms with Gasteiger partial charge in [-0.2, -0.15) is 11.3 Å². The lowest BCUT2D eigenvalue weighted by atomic mass is 9.87. The molecule has 0 radical (unpaired) electrons. The van der Waals surface area contributed by atoms with E-state index in [1.54, 1.807) is 11.3 Å². The van der Waals surface area contributed by atoms with Gasteiger partial charge in [-0.15, -0.1) is 0 Å². The van der Waals surface area contributed by atoms with E-state index in [-0.39, 0.29) is 11.5 Å². The average molecular weight is 244 g/mol. The van der Waals surface area contributed by atoms with Gasteiger partial charge in [-0.25, -0.2) is 0 Å². The van der Waals surface area contributed by atoms with E-state index < -0.39 is 0 Å². The summed E-state index contributed by atoms with van der Waals surface area (Å²) in [6.45, 7) is 0. The minimum absolute atomic E-state index is 0.0309. The maximum absolute atomic E-state index is 10.5. The van der Waals surface area contributed by atoms with Gasteiger partial charge in [-0.1, -0.05) is 30.3 Å². The number of aliphatic hydroxyl groups is 1. The maximum atomic E-state index is 10.5. The number of aliphatic hydroxyl groups excluding tert-OH is 1. The molecule has 1 aromatic carbocycles. The standard InChI is InChI=1S/C15H16OS/c16-14(10-12-6-9-17-11-12)15(7-8-15)13-4-2-1-3-5-13/h1-6,9,11,14,16H,7-8,10H2. The minimum atomic E-state index is -0.250. The molecule has 0 amide bonds. The summed E-state index contributed by atoms with van der Waals surface area (Å²) in [5.74, 6) is 0. The molecule has 1 heterocycles. The lowest BCUT2D eigenvalue weighted by Gasteiger charge is -2.22. The highest BCUT2D eigenvalue weighted by Crippen LogP contribution is 2.51. The van der Waals surface area contributed by atoms with Crippen molar-refractivity contribution in [1.82, 2.24) is 0 Å². The van der Waals surface area contributed by atoms with Crippen molar-refractivity contribution in [3.8, 4) is 0 Å². The molecule has 1 aromatic heterocycles. The van der Waals surface area contributed by atoms with Gasteiger partial charge < -0.3 is 5.11 Å². The Morgan fingerprint density at radius 2 is 1.94 bits per heavy atom. The van der Waals surface area contributed by atoms with Crippen LogP contribution in [0.4, 0.5) is 0 Å². The Labute approximate surface area is 106 Å². The summed E-state index contributed by atoms with van der Waals surface area (Å²) in [5.41, 5.74) is 2.58. The first-order valence-corrected chi connectivity index (χ1v) is 7.00. The predicted molar refractivity (Wildman–Crippen MR) is 71.4 cm³/mol. The van der Waals surface area contributed by atoms with Gasteiger partial charge in [-0.05, 0) is 40.8 Å². The first kappa shape index (κ1) is 11.0.